The van der Waals surface area contributed by atoms with Gasteiger partial charge < -0.3 is 21.3 Å². The van der Waals surface area contributed by atoms with Crippen molar-refractivity contribution in [3.05, 3.63) is 24.3 Å². The van der Waals surface area contributed by atoms with Crippen molar-refractivity contribution in [2.24, 2.45) is 9.98 Å². The molecule has 4 N–H and O–H groups in total. The molecule has 5 rings (SSSR count). The van der Waals surface area contributed by atoms with Crippen LogP contribution < -0.4 is 21.3 Å². The van der Waals surface area contributed by atoms with Crippen LogP contribution in [0.5, 0.6) is 0 Å². The summed E-state index contributed by atoms with van der Waals surface area (Å²) in [6.07, 6.45) is 25.7. The van der Waals surface area contributed by atoms with E-state index in [-0.39, 0.29) is 0 Å². The number of benzene rings is 1. The average Bonchev–Trinajstić information content (AvgIpc) is 2.96. The molecule has 0 radical (unpaired) electrons. The molecule has 0 unspecified atom stereocenters. The van der Waals surface area contributed by atoms with Crippen LogP contribution in [0.15, 0.2) is 34.3 Å². The van der Waals surface area contributed by atoms with Crippen molar-refractivity contribution in [2.45, 2.75) is 153 Å². The quantitative estimate of drug-likeness (QED) is 0.229. The smallest absolute Gasteiger partial charge is 0.196 e. The first kappa shape index (κ1) is 27.3. The molecule has 4 saturated carbocycles. The van der Waals surface area contributed by atoms with Gasteiger partial charge in [0.05, 0.1) is 23.5 Å². The molecular formula is C32H52N6. The number of guanidine groups is 2. The predicted octanol–water partition coefficient (Wildman–Crippen LogP) is 7.73. The molecule has 0 amide bonds. The Kier molecular flexibility index (Phi) is 10.6. The van der Waals surface area contributed by atoms with Gasteiger partial charge in [0, 0.05) is 12.1 Å². The van der Waals surface area contributed by atoms with Crippen molar-refractivity contribution in [1.82, 2.24) is 10.6 Å². The first-order valence-corrected chi connectivity index (χ1v) is 16.1. The summed E-state index contributed by atoms with van der Waals surface area (Å²) in [4.78, 5) is 10.5. The number of para-hydroxylation sites is 2. The molecule has 6 nitrogen and oxygen atoms in total. The molecule has 210 valence electrons. The van der Waals surface area contributed by atoms with Crippen LogP contribution in [0.1, 0.15) is 128 Å². The predicted molar refractivity (Wildman–Crippen MR) is 162 cm³/mol. The SMILES string of the molecule is c1ccc(NC(=NC2CCCCC2)NC2CCCCC2)c(NC(=NC2CCCCC2)NC2CCCCC2)c1. The molecule has 0 saturated heterocycles. The lowest BCUT2D eigenvalue weighted by atomic mass is 9.95. The van der Waals surface area contributed by atoms with E-state index in [0.29, 0.717) is 24.2 Å². The van der Waals surface area contributed by atoms with E-state index in [2.05, 4.69) is 45.5 Å². The Labute approximate surface area is 231 Å². The van der Waals surface area contributed by atoms with Crippen LogP contribution in [-0.4, -0.2) is 36.1 Å². The highest BCUT2D eigenvalue weighted by molar-refractivity contribution is 6.02. The molecule has 38 heavy (non-hydrogen) atoms. The molecule has 4 fully saturated rings. The summed E-state index contributed by atoms with van der Waals surface area (Å²) in [5.74, 6) is 1.92. The van der Waals surface area contributed by atoms with Gasteiger partial charge in [-0.1, -0.05) is 89.2 Å². The number of aliphatic imine (C=N–C) groups is 2. The largest absolute Gasteiger partial charge is 0.353 e. The second-order valence-electron chi connectivity index (χ2n) is 12.3. The van der Waals surface area contributed by atoms with Crippen LogP contribution in [0, 0.1) is 0 Å². The Balaban J connectivity index is 1.33. The van der Waals surface area contributed by atoms with E-state index < -0.39 is 0 Å². The van der Waals surface area contributed by atoms with E-state index in [9.17, 15) is 0 Å². The third kappa shape index (κ3) is 8.64. The Hall–Kier alpha value is -2.24. The lowest BCUT2D eigenvalue weighted by molar-refractivity contribution is 0.408. The fourth-order valence-electron chi connectivity index (χ4n) is 6.83. The van der Waals surface area contributed by atoms with Gasteiger partial charge >= 0.3 is 0 Å². The maximum Gasteiger partial charge on any atom is 0.196 e. The topological polar surface area (TPSA) is 72.8 Å². The molecule has 0 aromatic heterocycles. The zero-order valence-electron chi connectivity index (χ0n) is 23.7. The minimum Gasteiger partial charge on any atom is -0.353 e. The molecule has 1 aromatic carbocycles. The third-order valence-electron chi connectivity index (χ3n) is 9.10. The van der Waals surface area contributed by atoms with E-state index in [0.717, 1.165) is 23.3 Å². The maximum atomic E-state index is 5.25. The second-order valence-corrected chi connectivity index (χ2v) is 12.3. The zero-order chi connectivity index (χ0) is 25.8. The highest BCUT2D eigenvalue weighted by Gasteiger charge is 2.21. The van der Waals surface area contributed by atoms with Gasteiger partial charge in [-0.15, -0.1) is 0 Å². The molecule has 6 heteroatoms. The Morgan fingerprint density at radius 3 is 1.18 bits per heavy atom. The van der Waals surface area contributed by atoms with E-state index in [1.807, 2.05) is 0 Å². The monoisotopic (exact) mass is 520 g/mol. The Bertz CT molecular complexity index is 814. The van der Waals surface area contributed by atoms with Crippen molar-refractivity contribution in [2.75, 3.05) is 10.6 Å². The molecule has 0 heterocycles. The molecule has 0 spiro atoms. The molecule has 4 aliphatic rings. The van der Waals surface area contributed by atoms with Crippen LogP contribution in [0.4, 0.5) is 11.4 Å². The standard InChI is InChI=1S/C32H52N6/c1-5-15-25(16-6-1)33-31(34-26-17-7-2-8-18-26)37-29-23-13-14-24-30(29)38-32(35-27-19-9-3-10-20-27)36-28-21-11-4-12-22-28/h13-14,23-28H,1-12,15-22H2,(H2,33,34,37)(H2,35,36,38). The average molecular weight is 521 g/mol. The van der Waals surface area contributed by atoms with Gasteiger partial charge in [-0.2, -0.15) is 0 Å². The van der Waals surface area contributed by atoms with Crippen LogP contribution >= 0.6 is 0 Å². The summed E-state index contributed by atoms with van der Waals surface area (Å²) >= 11 is 0. The van der Waals surface area contributed by atoms with E-state index in [1.165, 1.54) is 128 Å². The summed E-state index contributed by atoms with van der Waals surface area (Å²) in [6.45, 7) is 0. The molecule has 4 aliphatic carbocycles. The minimum atomic E-state index is 0.429. The van der Waals surface area contributed by atoms with Gasteiger partial charge in [0.1, 0.15) is 0 Å². The number of nitrogens with one attached hydrogen (secondary N) is 4. The first-order chi connectivity index (χ1) is 18.8. The lowest BCUT2D eigenvalue weighted by Gasteiger charge is -2.28. The van der Waals surface area contributed by atoms with Gasteiger partial charge in [-0.05, 0) is 63.5 Å². The summed E-state index contributed by atoms with van der Waals surface area (Å²) in [5, 5.41) is 15.2. The molecule has 0 aliphatic heterocycles. The number of hydrogen-bond acceptors (Lipinski definition) is 2. The van der Waals surface area contributed by atoms with Crippen LogP contribution in [0.25, 0.3) is 0 Å². The van der Waals surface area contributed by atoms with Crippen molar-refractivity contribution >= 4 is 23.3 Å². The first-order valence-electron chi connectivity index (χ1n) is 16.1. The number of rotatable bonds is 6. The minimum absolute atomic E-state index is 0.429. The second kappa shape index (κ2) is 14.8. The van der Waals surface area contributed by atoms with Gasteiger partial charge in [-0.3, -0.25) is 0 Å². The summed E-state index contributed by atoms with van der Waals surface area (Å²) < 4.78 is 0. The summed E-state index contributed by atoms with van der Waals surface area (Å²) in [7, 11) is 0. The molecular weight excluding hydrogens is 468 g/mol. The van der Waals surface area contributed by atoms with Crippen LogP contribution in [-0.2, 0) is 0 Å². The Morgan fingerprint density at radius 1 is 0.474 bits per heavy atom. The molecule has 0 bridgehead atoms. The normalized spacial score (nSPS) is 23.7. The van der Waals surface area contributed by atoms with E-state index in [1.54, 1.807) is 0 Å². The van der Waals surface area contributed by atoms with Crippen molar-refractivity contribution in [3.63, 3.8) is 0 Å². The Morgan fingerprint density at radius 2 is 0.816 bits per heavy atom. The van der Waals surface area contributed by atoms with Crippen LogP contribution in [0.2, 0.25) is 0 Å². The van der Waals surface area contributed by atoms with Gasteiger partial charge in [0.15, 0.2) is 11.9 Å². The van der Waals surface area contributed by atoms with Crippen molar-refractivity contribution < 1.29 is 0 Å². The van der Waals surface area contributed by atoms with Crippen molar-refractivity contribution in [3.8, 4) is 0 Å². The van der Waals surface area contributed by atoms with Crippen LogP contribution in [0.3, 0.4) is 0 Å². The number of anilines is 2. The molecule has 0 atom stereocenters. The highest BCUT2D eigenvalue weighted by Crippen LogP contribution is 2.26. The fourth-order valence-corrected chi connectivity index (χ4v) is 6.83. The number of nitrogens with zero attached hydrogens (tertiary/aromatic N) is 2. The third-order valence-corrected chi connectivity index (χ3v) is 9.10. The molecule has 1 aromatic rings. The van der Waals surface area contributed by atoms with E-state index in [4.69, 9.17) is 9.98 Å². The highest BCUT2D eigenvalue weighted by atomic mass is 15.2. The zero-order valence-corrected chi connectivity index (χ0v) is 23.7. The van der Waals surface area contributed by atoms with Gasteiger partial charge in [0.25, 0.3) is 0 Å². The lowest BCUT2D eigenvalue weighted by Crippen LogP contribution is -2.42. The number of hydrogen-bond donors (Lipinski definition) is 4. The fraction of sp³-hybridized carbons (Fsp3) is 0.750. The summed E-state index contributed by atoms with van der Waals surface area (Å²) in [6, 6.07) is 10.5. The van der Waals surface area contributed by atoms with E-state index >= 15 is 0 Å². The summed E-state index contributed by atoms with van der Waals surface area (Å²) in [5.41, 5.74) is 2.15. The van der Waals surface area contributed by atoms with Gasteiger partial charge in [0.2, 0.25) is 0 Å². The van der Waals surface area contributed by atoms with Gasteiger partial charge in [-0.25, -0.2) is 9.98 Å². The van der Waals surface area contributed by atoms with Crippen molar-refractivity contribution in [1.29, 1.82) is 0 Å². The maximum absolute atomic E-state index is 5.25.